The van der Waals surface area contributed by atoms with Crippen LogP contribution in [-0.4, -0.2) is 41.0 Å². The molecule has 4 rings (SSSR count). The van der Waals surface area contributed by atoms with Crippen LogP contribution in [0.3, 0.4) is 0 Å². The number of hydrogen-bond donors (Lipinski definition) is 1. The van der Waals surface area contributed by atoms with E-state index >= 15 is 0 Å². The van der Waals surface area contributed by atoms with Crippen molar-refractivity contribution in [2.24, 2.45) is 5.92 Å². The van der Waals surface area contributed by atoms with Crippen molar-refractivity contribution in [3.05, 3.63) is 79.0 Å². The second-order valence-corrected chi connectivity index (χ2v) is 11.3. The number of carbonyl (C=O) groups excluding carboxylic acids is 1. The number of halogens is 4. The fraction of sp³-hybridized carbons (Fsp3) is 0.250. The SMILES string of the molecule is CC(C)Cn1c(=O)c(Cl)c(NC(=O)CN(C)C)c2cc(-c3ccc(Cl)cc3)c(-c3ccc(Cl)cc3Cl)nc21. The smallest absolute Gasteiger partial charge is 0.273 e. The second-order valence-electron chi connectivity index (χ2n) is 9.67. The molecule has 0 saturated carbocycles. The zero-order valence-electron chi connectivity index (χ0n) is 21.3. The summed E-state index contributed by atoms with van der Waals surface area (Å²) in [6.07, 6.45) is 0. The Balaban J connectivity index is 2.12. The molecule has 2 aromatic carbocycles. The lowest BCUT2D eigenvalue weighted by atomic mass is 9.97. The van der Waals surface area contributed by atoms with Gasteiger partial charge in [-0.3, -0.25) is 14.2 Å². The lowest BCUT2D eigenvalue weighted by Crippen LogP contribution is -2.30. The Morgan fingerprint density at radius 2 is 1.63 bits per heavy atom. The van der Waals surface area contributed by atoms with Crippen LogP contribution in [0.1, 0.15) is 13.8 Å². The monoisotopic (exact) mass is 590 g/mol. The topological polar surface area (TPSA) is 67.2 Å². The molecule has 0 saturated heterocycles. The van der Waals surface area contributed by atoms with Crippen LogP contribution in [0.4, 0.5) is 5.69 Å². The molecule has 0 spiro atoms. The molecule has 0 aliphatic rings. The number of benzene rings is 2. The van der Waals surface area contributed by atoms with Gasteiger partial charge >= 0.3 is 0 Å². The number of hydrogen-bond acceptors (Lipinski definition) is 4. The van der Waals surface area contributed by atoms with Gasteiger partial charge in [0.1, 0.15) is 10.7 Å². The summed E-state index contributed by atoms with van der Waals surface area (Å²) in [7, 11) is 3.56. The van der Waals surface area contributed by atoms with Crippen LogP contribution in [0.15, 0.2) is 53.3 Å². The number of aromatic nitrogens is 2. The first-order valence-corrected chi connectivity index (χ1v) is 13.4. The minimum absolute atomic E-state index is 0.0774. The van der Waals surface area contributed by atoms with Crippen LogP contribution >= 0.6 is 46.4 Å². The van der Waals surface area contributed by atoms with E-state index < -0.39 is 5.56 Å². The molecule has 2 heterocycles. The first kappa shape index (κ1) is 28.4. The third-order valence-corrected chi connectivity index (χ3v) is 6.94. The number of likely N-dealkylation sites (N-methyl/N-ethyl adjacent to an activating group) is 1. The van der Waals surface area contributed by atoms with Crippen LogP contribution in [-0.2, 0) is 11.3 Å². The molecule has 0 fully saturated rings. The number of amides is 1. The van der Waals surface area contributed by atoms with Gasteiger partial charge in [0, 0.05) is 33.1 Å². The van der Waals surface area contributed by atoms with E-state index in [2.05, 4.69) is 5.32 Å². The highest BCUT2D eigenvalue weighted by molar-refractivity contribution is 6.37. The van der Waals surface area contributed by atoms with Crippen molar-refractivity contribution in [1.29, 1.82) is 0 Å². The van der Waals surface area contributed by atoms with Gasteiger partial charge in [0.15, 0.2) is 0 Å². The molecule has 1 amide bonds. The number of nitrogens with zero attached hydrogens (tertiary/aromatic N) is 3. The van der Waals surface area contributed by atoms with Crippen molar-refractivity contribution >= 4 is 69.0 Å². The zero-order valence-corrected chi connectivity index (χ0v) is 24.3. The van der Waals surface area contributed by atoms with Gasteiger partial charge in [-0.05, 0) is 62.0 Å². The third kappa shape index (κ3) is 6.00. The highest BCUT2D eigenvalue weighted by atomic mass is 35.5. The quantitative estimate of drug-likeness (QED) is 0.242. The van der Waals surface area contributed by atoms with Crippen LogP contribution < -0.4 is 10.9 Å². The van der Waals surface area contributed by atoms with Crippen LogP contribution in [0.5, 0.6) is 0 Å². The maximum absolute atomic E-state index is 13.5. The van der Waals surface area contributed by atoms with E-state index in [4.69, 9.17) is 51.4 Å². The van der Waals surface area contributed by atoms with Crippen molar-refractivity contribution in [3.8, 4) is 22.4 Å². The normalized spacial score (nSPS) is 11.5. The Labute approximate surface area is 241 Å². The molecule has 6 nitrogen and oxygen atoms in total. The summed E-state index contributed by atoms with van der Waals surface area (Å²) in [5.74, 6) is -0.182. The largest absolute Gasteiger partial charge is 0.323 e. The highest BCUT2D eigenvalue weighted by Gasteiger charge is 2.23. The highest BCUT2D eigenvalue weighted by Crippen LogP contribution is 2.40. The fourth-order valence-corrected chi connectivity index (χ4v) is 5.07. The predicted octanol–water partition coefficient (Wildman–Crippen LogP) is 7.50. The molecular formula is C28H26Cl4N4O2. The number of fused-ring (bicyclic) bond motifs is 1. The van der Waals surface area contributed by atoms with Crippen molar-refractivity contribution in [2.75, 3.05) is 26.0 Å². The molecule has 10 heteroatoms. The first-order chi connectivity index (χ1) is 18.0. The Bertz CT molecular complexity index is 1580. The van der Waals surface area contributed by atoms with Gasteiger partial charge in [0.05, 0.1) is 22.9 Å². The number of anilines is 1. The molecule has 2 aromatic heterocycles. The minimum Gasteiger partial charge on any atom is -0.323 e. The molecule has 4 aromatic rings. The van der Waals surface area contributed by atoms with E-state index in [1.165, 1.54) is 0 Å². The third-order valence-electron chi connectivity index (χ3n) is 5.79. The maximum atomic E-state index is 13.5. The summed E-state index contributed by atoms with van der Waals surface area (Å²) < 4.78 is 1.54. The molecular weight excluding hydrogens is 566 g/mol. The van der Waals surface area contributed by atoms with Gasteiger partial charge in [-0.15, -0.1) is 0 Å². The first-order valence-electron chi connectivity index (χ1n) is 11.9. The molecule has 0 aliphatic heterocycles. The van der Waals surface area contributed by atoms with Crippen molar-refractivity contribution < 1.29 is 4.79 Å². The van der Waals surface area contributed by atoms with E-state index in [-0.39, 0.29) is 29.1 Å². The van der Waals surface area contributed by atoms with Crippen LogP contribution in [0.25, 0.3) is 33.4 Å². The summed E-state index contributed by atoms with van der Waals surface area (Å²) in [4.78, 5) is 33.0. The fourth-order valence-electron chi connectivity index (χ4n) is 4.19. The van der Waals surface area contributed by atoms with E-state index in [9.17, 15) is 9.59 Å². The Hall–Kier alpha value is -2.61. The van der Waals surface area contributed by atoms with E-state index in [0.29, 0.717) is 49.5 Å². The average molecular weight is 592 g/mol. The zero-order chi connectivity index (χ0) is 27.7. The summed E-state index contributed by atoms with van der Waals surface area (Å²) in [6.45, 7) is 4.49. The predicted molar refractivity (Wildman–Crippen MR) is 159 cm³/mol. The molecule has 38 heavy (non-hydrogen) atoms. The average Bonchev–Trinajstić information content (AvgIpc) is 2.84. The Kier molecular flexibility index (Phi) is 8.70. The summed E-state index contributed by atoms with van der Waals surface area (Å²) in [6, 6.07) is 14.3. The number of rotatable bonds is 7. The number of pyridine rings is 2. The molecule has 0 radical (unpaired) electrons. The van der Waals surface area contributed by atoms with Gasteiger partial charge in [-0.2, -0.15) is 0 Å². The molecule has 0 unspecified atom stereocenters. The van der Waals surface area contributed by atoms with E-state index in [1.54, 1.807) is 53.9 Å². The van der Waals surface area contributed by atoms with Crippen molar-refractivity contribution in [1.82, 2.24) is 14.5 Å². The summed E-state index contributed by atoms with van der Waals surface area (Å²) in [5.41, 5.74) is 2.88. The summed E-state index contributed by atoms with van der Waals surface area (Å²) in [5, 5.41) is 4.77. The van der Waals surface area contributed by atoms with Crippen molar-refractivity contribution in [3.63, 3.8) is 0 Å². The Morgan fingerprint density at radius 3 is 2.24 bits per heavy atom. The minimum atomic E-state index is -0.437. The maximum Gasteiger partial charge on any atom is 0.273 e. The lowest BCUT2D eigenvalue weighted by molar-refractivity contribution is -0.116. The summed E-state index contributed by atoms with van der Waals surface area (Å²) >= 11 is 25.6. The molecule has 1 N–H and O–H groups in total. The molecule has 0 aliphatic carbocycles. The van der Waals surface area contributed by atoms with Gasteiger partial charge in [0.2, 0.25) is 5.91 Å². The van der Waals surface area contributed by atoms with Gasteiger partial charge in [-0.25, -0.2) is 4.98 Å². The number of carbonyl (C=O) groups is 1. The Morgan fingerprint density at radius 1 is 0.974 bits per heavy atom. The van der Waals surface area contributed by atoms with Gasteiger partial charge < -0.3 is 10.2 Å². The van der Waals surface area contributed by atoms with Gasteiger partial charge in [0.25, 0.3) is 5.56 Å². The van der Waals surface area contributed by atoms with Crippen LogP contribution in [0, 0.1) is 5.92 Å². The molecule has 0 bridgehead atoms. The standard InChI is InChI=1S/C28H26Cl4N4O2/c1-15(2)13-36-27-21(26(24(32)28(36)38)33-23(37)14-35(3)4)12-20(16-5-7-17(29)8-6-16)25(34-27)19-10-9-18(30)11-22(19)31/h5-12,15H,13-14H2,1-4H3,(H,33,37). The van der Waals surface area contributed by atoms with Crippen molar-refractivity contribution in [2.45, 2.75) is 20.4 Å². The molecule has 198 valence electrons. The second kappa shape index (κ2) is 11.6. The van der Waals surface area contributed by atoms with Gasteiger partial charge in [-0.1, -0.05) is 72.4 Å². The molecule has 0 atom stereocenters. The lowest BCUT2D eigenvalue weighted by Gasteiger charge is -2.20. The number of nitrogens with one attached hydrogen (secondary N) is 1. The van der Waals surface area contributed by atoms with Crippen LogP contribution in [0.2, 0.25) is 20.1 Å². The van der Waals surface area contributed by atoms with E-state index in [1.807, 2.05) is 32.0 Å². The van der Waals surface area contributed by atoms with E-state index in [0.717, 1.165) is 5.56 Å².